The van der Waals surface area contributed by atoms with Gasteiger partial charge in [-0.2, -0.15) is 0 Å². The molecule has 0 spiro atoms. The topological polar surface area (TPSA) is 23.6 Å². The zero-order valence-corrected chi connectivity index (χ0v) is 10.4. The summed E-state index contributed by atoms with van der Waals surface area (Å²) in [5.74, 6) is 0.0989. The van der Waals surface area contributed by atoms with E-state index in [0.29, 0.717) is 0 Å². The van der Waals surface area contributed by atoms with Crippen LogP contribution in [0.1, 0.15) is 10.4 Å². The van der Waals surface area contributed by atoms with Gasteiger partial charge in [0.1, 0.15) is 0 Å². The fourth-order valence-electron chi connectivity index (χ4n) is 1.73. The summed E-state index contributed by atoms with van der Waals surface area (Å²) in [5, 5.41) is 0. The quantitative estimate of drug-likeness (QED) is 0.719. The molecule has 0 bridgehead atoms. The molecule has 0 atom stereocenters. The van der Waals surface area contributed by atoms with Gasteiger partial charge < -0.3 is 9.80 Å². The Labute approximate surface area is 97.8 Å². The van der Waals surface area contributed by atoms with E-state index in [-0.39, 0.29) is 5.91 Å². The number of rotatable bonds is 0. The number of carbonyl (C=O) groups excluding carboxylic acids is 1. The molecule has 4 heteroatoms. The van der Waals surface area contributed by atoms with Crippen LogP contribution in [-0.4, -0.2) is 38.0 Å². The van der Waals surface area contributed by atoms with Crippen LogP contribution in [0.5, 0.6) is 0 Å². The SMILES string of the molecule is CN1CCN(C)c2cc(Br)ccc2C1=O. The smallest absolute Gasteiger partial charge is 0.255 e. The molecule has 80 valence electrons. The number of nitrogens with zero attached hydrogens (tertiary/aromatic N) is 2. The summed E-state index contributed by atoms with van der Waals surface area (Å²) in [7, 11) is 3.85. The Kier molecular flexibility index (Phi) is 2.69. The van der Waals surface area contributed by atoms with Gasteiger partial charge in [0.2, 0.25) is 0 Å². The summed E-state index contributed by atoms with van der Waals surface area (Å²) in [6.45, 7) is 1.63. The third kappa shape index (κ3) is 1.86. The Balaban J connectivity index is 2.55. The maximum Gasteiger partial charge on any atom is 0.255 e. The molecule has 1 aromatic carbocycles. The molecule has 1 heterocycles. The highest BCUT2D eigenvalue weighted by Gasteiger charge is 2.22. The second-order valence-electron chi connectivity index (χ2n) is 3.81. The number of fused-ring (bicyclic) bond motifs is 1. The first-order chi connectivity index (χ1) is 7.09. The maximum absolute atomic E-state index is 12.0. The summed E-state index contributed by atoms with van der Waals surface area (Å²) in [6, 6.07) is 5.77. The zero-order chi connectivity index (χ0) is 11.0. The first-order valence-electron chi connectivity index (χ1n) is 4.86. The van der Waals surface area contributed by atoms with Crippen molar-refractivity contribution in [2.24, 2.45) is 0 Å². The van der Waals surface area contributed by atoms with Crippen LogP contribution in [0.3, 0.4) is 0 Å². The lowest BCUT2D eigenvalue weighted by atomic mass is 10.1. The number of hydrogen-bond acceptors (Lipinski definition) is 2. The van der Waals surface area contributed by atoms with Crippen molar-refractivity contribution in [3.63, 3.8) is 0 Å². The van der Waals surface area contributed by atoms with Gasteiger partial charge in [0.05, 0.1) is 11.3 Å². The van der Waals surface area contributed by atoms with Crippen molar-refractivity contribution in [1.29, 1.82) is 0 Å². The molecule has 0 unspecified atom stereocenters. The molecular weight excluding hydrogens is 256 g/mol. The van der Waals surface area contributed by atoms with Crippen molar-refractivity contribution in [3.05, 3.63) is 28.2 Å². The molecule has 0 saturated heterocycles. The van der Waals surface area contributed by atoms with Crippen LogP contribution in [0.4, 0.5) is 5.69 Å². The fraction of sp³-hybridized carbons (Fsp3) is 0.364. The van der Waals surface area contributed by atoms with E-state index in [1.54, 1.807) is 4.90 Å². The van der Waals surface area contributed by atoms with Crippen LogP contribution in [0.25, 0.3) is 0 Å². The number of benzene rings is 1. The van der Waals surface area contributed by atoms with E-state index < -0.39 is 0 Å². The van der Waals surface area contributed by atoms with Gasteiger partial charge >= 0.3 is 0 Å². The summed E-state index contributed by atoms with van der Waals surface area (Å²) in [4.78, 5) is 15.9. The van der Waals surface area contributed by atoms with Crippen molar-refractivity contribution in [1.82, 2.24) is 4.90 Å². The molecule has 1 aliphatic rings. The second-order valence-corrected chi connectivity index (χ2v) is 4.73. The Morgan fingerprint density at radius 1 is 1.20 bits per heavy atom. The first kappa shape index (κ1) is 10.5. The van der Waals surface area contributed by atoms with Crippen molar-refractivity contribution < 1.29 is 4.79 Å². The van der Waals surface area contributed by atoms with Gasteiger partial charge in [0.25, 0.3) is 5.91 Å². The van der Waals surface area contributed by atoms with E-state index in [1.807, 2.05) is 32.3 Å². The van der Waals surface area contributed by atoms with E-state index in [4.69, 9.17) is 0 Å². The van der Waals surface area contributed by atoms with Crippen LogP contribution in [0, 0.1) is 0 Å². The third-order valence-electron chi connectivity index (χ3n) is 2.72. The van der Waals surface area contributed by atoms with Crippen molar-refractivity contribution in [3.8, 4) is 0 Å². The average Bonchev–Trinajstić information content (AvgIpc) is 2.32. The molecule has 1 amide bonds. The second kappa shape index (κ2) is 3.85. The fourth-order valence-corrected chi connectivity index (χ4v) is 2.08. The number of likely N-dealkylation sites (N-methyl/N-ethyl adjacent to an activating group) is 2. The molecule has 1 aliphatic heterocycles. The van der Waals surface area contributed by atoms with Gasteiger partial charge in [-0.05, 0) is 18.2 Å². The largest absolute Gasteiger partial charge is 0.372 e. The molecule has 1 aromatic rings. The highest BCUT2D eigenvalue weighted by molar-refractivity contribution is 9.10. The Morgan fingerprint density at radius 2 is 1.87 bits per heavy atom. The lowest BCUT2D eigenvalue weighted by Crippen LogP contribution is -2.29. The van der Waals surface area contributed by atoms with Crippen LogP contribution >= 0.6 is 15.9 Å². The van der Waals surface area contributed by atoms with Crippen LogP contribution < -0.4 is 4.90 Å². The molecule has 0 aliphatic carbocycles. The Morgan fingerprint density at radius 3 is 2.60 bits per heavy atom. The normalized spacial score (nSPS) is 16.3. The summed E-state index contributed by atoms with van der Waals surface area (Å²) in [6.07, 6.45) is 0. The number of anilines is 1. The maximum atomic E-state index is 12.0. The number of halogens is 1. The van der Waals surface area contributed by atoms with Gasteiger partial charge in [-0.15, -0.1) is 0 Å². The standard InChI is InChI=1S/C11H13BrN2O/c1-13-5-6-14(2)11(15)9-4-3-8(12)7-10(9)13/h3-4,7H,5-6H2,1-2H3. The minimum atomic E-state index is 0.0989. The molecule has 0 fully saturated rings. The molecule has 0 radical (unpaired) electrons. The highest BCUT2D eigenvalue weighted by Crippen LogP contribution is 2.27. The molecular formula is C11H13BrN2O. The van der Waals surface area contributed by atoms with E-state index in [0.717, 1.165) is 28.8 Å². The molecule has 15 heavy (non-hydrogen) atoms. The summed E-state index contributed by atoms with van der Waals surface area (Å²) < 4.78 is 1.01. The van der Waals surface area contributed by atoms with Gasteiger partial charge in [-0.3, -0.25) is 4.79 Å². The van der Waals surface area contributed by atoms with Gasteiger partial charge in [0.15, 0.2) is 0 Å². The van der Waals surface area contributed by atoms with Crippen molar-refractivity contribution in [2.45, 2.75) is 0 Å². The zero-order valence-electron chi connectivity index (χ0n) is 8.83. The predicted octanol–water partition coefficient (Wildman–Crippen LogP) is 1.97. The monoisotopic (exact) mass is 268 g/mol. The molecule has 3 nitrogen and oxygen atoms in total. The minimum absolute atomic E-state index is 0.0989. The van der Waals surface area contributed by atoms with E-state index in [2.05, 4.69) is 20.8 Å². The summed E-state index contributed by atoms with van der Waals surface area (Å²) in [5.41, 5.74) is 1.78. The average molecular weight is 269 g/mol. The van der Waals surface area contributed by atoms with Crippen molar-refractivity contribution >= 4 is 27.5 Å². The van der Waals surface area contributed by atoms with Gasteiger partial charge in [-0.25, -0.2) is 0 Å². The minimum Gasteiger partial charge on any atom is -0.372 e. The van der Waals surface area contributed by atoms with Crippen molar-refractivity contribution in [2.75, 3.05) is 32.1 Å². The van der Waals surface area contributed by atoms with Crippen LogP contribution in [-0.2, 0) is 0 Å². The van der Waals surface area contributed by atoms with Gasteiger partial charge in [0, 0.05) is 31.7 Å². The van der Waals surface area contributed by atoms with Crippen LogP contribution in [0.15, 0.2) is 22.7 Å². The molecule has 0 aromatic heterocycles. The number of carbonyl (C=O) groups is 1. The van der Waals surface area contributed by atoms with E-state index >= 15 is 0 Å². The van der Waals surface area contributed by atoms with E-state index in [9.17, 15) is 4.79 Å². The van der Waals surface area contributed by atoms with Crippen LogP contribution in [0.2, 0.25) is 0 Å². The highest BCUT2D eigenvalue weighted by atomic mass is 79.9. The van der Waals surface area contributed by atoms with E-state index in [1.165, 1.54) is 0 Å². The number of amides is 1. The molecule has 0 N–H and O–H groups in total. The number of hydrogen-bond donors (Lipinski definition) is 0. The van der Waals surface area contributed by atoms with Gasteiger partial charge in [-0.1, -0.05) is 15.9 Å². The Bertz CT molecular complexity index is 406. The Hall–Kier alpha value is -1.03. The lowest BCUT2D eigenvalue weighted by molar-refractivity contribution is 0.0805. The molecule has 0 saturated carbocycles. The first-order valence-corrected chi connectivity index (χ1v) is 5.65. The summed E-state index contributed by atoms with van der Waals surface area (Å²) >= 11 is 3.43. The third-order valence-corrected chi connectivity index (χ3v) is 3.21. The molecule has 2 rings (SSSR count). The lowest BCUT2D eigenvalue weighted by Gasteiger charge is -2.18. The predicted molar refractivity (Wildman–Crippen MR) is 64.4 cm³/mol.